The molecule has 0 bridgehead atoms. The summed E-state index contributed by atoms with van der Waals surface area (Å²) in [5, 5.41) is 10.7. The smallest absolute Gasteiger partial charge is 0.314 e. The van der Waals surface area contributed by atoms with Crippen LogP contribution in [0.3, 0.4) is 0 Å². The second kappa shape index (κ2) is 6.29. The van der Waals surface area contributed by atoms with E-state index in [2.05, 4.69) is 4.98 Å². The lowest BCUT2D eigenvalue weighted by Gasteiger charge is -2.31. The van der Waals surface area contributed by atoms with Gasteiger partial charge in [-0.15, -0.1) is 0 Å². The summed E-state index contributed by atoms with van der Waals surface area (Å²) in [6.07, 6.45) is 1.94. The zero-order valence-corrected chi connectivity index (χ0v) is 13.1. The van der Waals surface area contributed by atoms with Gasteiger partial charge in [0.25, 0.3) is 5.69 Å². The highest BCUT2D eigenvalue weighted by Gasteiger charge is 2.48. The number of ether oxygens (including phenoxy) is 1. The molecular formula is C15H21N3O4. The first kappa shape index (κ1) is 16.2. The van der Waals surface area contributed by atoms with Crippen LogP contribution in [0.2, 0.25) is 0 Å². The number of hydrogen-bond donors (Lipinski definition) is 0. The second-order valence-corrected chi connectivity index (χ2v) is 5.83. The number of nitro groups is 1. The van der Waals surface area contributed by atoms with E-state index in [1.807, 2.05) is 18.7 Å². The number of hydrogen-bond acceptors (Lipinski definition) is 6. The molecule has 0 radical (unpaired) electrons. The molecule has 22 heavy (non-hydrogen) atoms. The van der Waals surface area contributed by atoms with E-state index in [1.54, 1.807) is 13.0 Å². The highest BCUT2D eigenvalue weighted by molar-refractivity contribution is 5.79. The van der Waals surface area contributed by atoms with Crippen molar-refractivity contribution in [3.05, 3.63) is 28.4 Å². The average Bonchev–Trinajstić information content (AvgIpc) is 2.94. The minimum absolute atomic E-state index is 0.0385. The van der Waals surface area contributed by atoms with E-state index in [4.69, 9.17) is 4.74 Å². The van der Waals surface area contributed by atoms with Crippen molar-refractivity contribution in [2.24, 2.45) is 11.3 Å². The van der Waals surface area contributed by atoms with Crippen LogP contribution in [0, 0.1) is 21.4 Å². The van der Waals surface area contributed by atoms with Crippen molar-refractivity contribution in [3.8, 4) is 0 Å². The number of pyridine rings is 1. The standard InChI is InChI=1S/C15H21N3O4/c1-4-22-14(19)15(11(2)3)7-8-17(10-15)13-6-5-12(9-16-13)18(20)21/h5-6,9,11H,4,7-8,10H2,1-3H3. The molecule has 1 aromatic heterocycles. The van der Waals surface area contributed by atoms with Gasteiger partial charge in [0.1, 0.15) is 12.0 Å². The van der Waals surface area contributed by atoms with Crippen molar-refractivity contribution in [2.45, 2.75) is 27.2 Å². The number of carbonyl (C=O) groups is 1. The maximum atomic E-state index is 12.4. The third kappa shape index (κ3) is 2.88. The van der Waals surface area contributed by atoms with Gasteiger partial charge in [-0.1, -0.05) is 13.8 Å². The van der Waals surface area contributed by atoms with Crippen molar-refractivity contribution in [1.82, 2.24) is 4.98 Å². The summed E-state index contributed by atoms with van der Waals surface area (Å²) in [7, 11) is 0. The Morgan fingerprint density at radius 2 is 2.27 bits per heavy atom. The Kier molecular flexibility index (Phi) is 4.63. The first-order valence-electron chi connectivity index (χ1n) is 7.43. The maximum absolute atomic E-state index is 12.4. The SMILES string of the molecule is CCOC(=O)C1(C(C)C)CCN(c2ccc([N+](=O)[O-])cn2)C1. The van der Waals surface area contributed by atoms with E-state index in [0.29, 0.717) is 31.9 Å². The van der Waals surface area contributed by atoms with Gasteiger partial charge in [0.05, 0.1) is 16.9 Å². The number of esters is 1. The molecule has 0 saturated carbocycles. The van der Waals surface area contributed by atoms with E-state index >= 15 is 0 Å². The van der Waals surface area contributed by atoms with Gasteiger partial charge < -0.3 is 9.64 Å². The maximum Gasteiger partial charge on any atom is 0.314 e. The van der Waals surface area contributed by atoms with Crippen LogP contribution >= 0.6 is 0 Å². The van der Waals surface area contributed by atoms with Gasteiger partial charge in [0.15, 0.2) is 0 Å². The molecule has 0 aromatic carbocycles. The molecular weight excluding hydrogens is 286 g/mol. The van der Waals surface area contributed by atoms with Crippen molar-refractivity contribution in [3.63, 3.8) is 0 Å². The molecule has 0 amide bonds. The van der Waals surface area contributed by atoms with Crippen LogP contribution < -0.4 is 4.90 Å². The predicted molar refractivity (Wildman–Crippen MR) is 81.6 cm³/mol. The molecule has 1 atom stereocenters. The summed E-state index contributed by atoms with van der Waals surface area (Å²) in [4.78, 5) is 28.7. The van der Waals surface area contributed by atoms with Crippen molar-refractivity contribution in [2.75, 3.05) is 24.6 Å². The lowest BCUT2D eigenvalue weighted by Crippen LogP contribution is -2.40. The summed E-state index contributed by atoms with van der Waals surface area (Å²) in [5.41, 5.74) is -0.581. The Morgan fingerprint density at radius 1 is 1.55 bits per heavy atom. The van der Waals surface area contributed by atoms with Crippen LogP contribution in [0.1, 0.15) is 27.2 Å². The summed E-state index contributed by atoms with van der Waals surface area (Å²) < 4.78 is 5.25. The number of aromatic nitrogens is 1. The van der Waals surface area contributed by atoms with Gasteiger partial charge in [-0.05, 0) is 25.3 Å². The van der Waals surface area contributed by atoms with Crippen LogP contribution in [0.5, 0.6) is 0 Å². The third-order valence-electron chi connectivity index (χ3n) is 4.36. The summed E-state index contributed by atoms with van der Waals surface area (Å²) >= 11 is 0. The lowest BCUT2D eigenvalue weighted by atomic mass is 9.76. The fourth-order valence-electron chi connectivity index (χ4n) is 2.85. The van der Waals surface area contributed by atoms with E-state index in [0.717, 1.165) is 0 Å². The molecule has 0 aliphatic carbocycles. The fourth-order valence-corrected chi connectivity index (χ4v) is 2.85. The van der Waals surface area contributed by atoms with Crippen LogP contribution in [0.25, 0.3) is 0 Å². The summed E-state index contributed by atoms with van der Waals surface area (Å²) in [5.74, 6) is 0.626. The van der Waals surface area contributed by atoms with Crippen LogP contribution in [-0.2, 0) is 9.53 Å². The first-order valence-corrected chi connectivity index (χ1v) is 7.43. The van der Waals surface area contributed by atoms with Crippen molar-refractivity contribution in [1.29, 1.82) is 0 Å². The molecule has 1 unspecified atom stereocenters. The molecule has 0 N–H and O–H groups in total. The van der Waals surface area contributed by atoms with Crippen LogP contribution in [-0.4, -0.2) is 35.6 Å². The normalized spacial score (nSPS) is 21.2. The predicted octanol–water partition coefficient (Wildman–Crippen LogP) is 2.41. The van der Waals surface area contributed by atoms with Crippen molar-refractivity contribution >= 4 is 17.5 Å². The summed E-state index contributed by atoms with van der Waals surface area (Å²) in [6.45, 7) is 7.41. The molecule has 1 aromatic rings. The quantitative estimate of drug-likeness (QED) is 0.472. The fraction of sp³-hybridized carbons (Fsp3) is 0.600. The van der Waals surface area contributed by atoms with Gasteiger partial charge in [-0.25, -0.2) is 4.98 Å². The molecule has 7 heteroatoms. The van der Waals surface area contributed by atoms with Gasteiger partial charge in [0.2, 0.25) is 0 Å². The van der Waals surface area contributed by atoms with Gasteiger partial charge in [-0.3, -0.25) is 14.9 Å². The zero-order valence-electron chi connectivity index (χ0n) is 13.1. The van der Waals surface area contributed by atoms with Gasteiger partial charge in [0, 0.05) is 19.2 Å². The molecule has 120 valence electrons. The van der Waals surface area contributed by atoms with Gasteiger partial charge >= 0.3 is 5.97 Å². The van der Waals surface area contributed by atoms with Gasteiger partial charge in [-0.2, -0.15) is 0 Å². The van der Waals surface area contributed by atoms with E-state index in [1.165, 1.54) is 12.3 Å². The number of nitrogens with zero attached hydrogens (tertiary/aromatic N) is 3. The highest BCUT2D eigenvalue weighted by atomic mass is 16.6. The molecule has 0 spiro atoms. The van der Waals surface area contributed by atoms with E-state index in [-0.39, 0.29) is 17.6 Å². The minimum atomic E-state index is -0.542. The topological polar surface area (TPSA) is 85.6 Å². The Morgan fingerprint density at radius 3 is 2.77 bits per heavy atom. The molecule has 1 aliphatic rings. The highest BCUT2D eigenvalue weighted by Crippen LogP contribution is 2.40. The molecule has 2 heterocycles. The monoisotopic (exact) mass is 307 g/mol. The summed E-state index contributed by atoms with van der Waals surface area (Å²) in [6, 6.07) is 3.06. The van der Waals surface area contributed by atoms with E-state index < -0.39 is 10.3 Å². The Hall–Kier alpha value is -2.18. The molecule has 1 fully saturated rings. The van der Waals surface area contributed by atoms with Crippen molar-refractivity contribution < 1.29 is 14.5 Å². The molecule has 1 saturated heterocycles. The Balaban J connectivity index is 2.19. The number of carbonyl (C=O) groups excluding carboxylic acids is 1. The number of rotatable bonds is 5. The second-order valence-electron chi connectivity index (χ2n) is 5.83. The average molecular weight is 307 g/mol. The van der Waals surface area contributed by atoms with E-state index in [9.17, 15) is 14.9 Å². The molecule has 2 rings (SSSR count). The largest absolute Gasteiger partial charge is 0.466 e. The lowest BCUT2D eigenvalue weighted by molar-refractivity contribution is -0.385. The molecule has 1 aliphatic heterocycles. The number of anilines is 1. The Bertz CT molecular complexity index is 558. The van der Waals surface area contributed by atoms with Crippen LogP contribution in [0.15, 0.2) is 18.3 Å². The first-order chi connectivity index (χ1) is 10.4. The molecule has 7 nitrogen and oxygen atoms in total. The third-order valence-corrected chi connectivity index (χ3v) is 4.36. The zero-order chi connectivity index (χ0) is 16.3. The van der Waals surface area contributed by atoms with Crippen LogP contribution in [0.4, 0.5) is 11.5 Å². The minimum Gasteiger partial charge on any atom is -0.466 e. The Labute approximate surface area is 129 Å².